The van der Waals surface area contributed by atoms with Gasteiger partial charge >= 0.3 is 12.5 Å². The smallest absolute Gasteiger partial charge is 0.428 e. The molecule has 0 N–H and O–H groups in total. The number of halogens is 4. The molecule has 0 bridgehead atoms. The molecule has 24 heavy (non-hydrogen) atoms. The normalized spacial score (nSPS) is 14.3. The predicted molar refractivity (Wildman–Crippen MR) is 75.6 cm³/mol. The molecule has 124 valence electrons. The zero-order valence-corrected chi connectivity index (χ0v) is 11.9. The number of imide groups is 1. The van der Waals surface area contributed by atoms with Crippen molar-refractivity contribution in [2.24, 2.45) is 0 Å². The molecule has 0 saturated heterocycles. The minimum absolute atomic E-state index is 0.119. The number of carbonyl (C=O) groups is 2. The summed E-state index contributed by atoms with van der Waals surface area (Å²) < 4.78 is 53.8. The lowest BCUT2D eigenvalue weighted by atomic mass is 10.1. The Morgan fingerprint density at radius 2 is 1.38 bits per heavy atom. The van der Waals surface area contributed by atoms with Gasteiger partial charge in [-0.1, -0.05) is 12.1 Å². The maximum absolute atomic E-state index is 12.8. The molecule has 0 fully saturated rings. The summed E-state index contributed by atoms with van der Waals surface area (Å²) in [6.45, 7) is 0. The number of carbonyl (C=O) groups excluding carboxylic acids is 2. The first-order chi connectivity index (χ1) is 11.3. The number of hydrogen-bond acceptors (Lipinski definition) is 3. The molecule has 4 nitrogen and oxygen atoms in total. The summed E-state index contributed by atoms with van der Waals surface area (Å²) in [6.07, 6.45) is -8.61. The van der Waals surface area contributed by atoms with Crippen molar-refractivity contribution < 1.29 is 31.9 Å². The highest BCUT2D eigenvalue weighted by Gasteiger charge is 2.44. The van der Waals surface area contributed by atoms with Crippen molar-refractivity contribution in [3.05, 3.63) is 59.7 Å². The van der Waals surface area contributed by atoms with Crippen LogP contribution < -0.4 is 9.64 Å². The summed E-state index contributed by atoms with van der Waals surface area (Å²) in [5, 5.41) is 0. The first kappa shape index (κ1) is 16.0. The zero-order valence-electron chi connectivity index (χ0n) is 11.9. The minimum Gasteiger partial charge on any atom is -0.428 e. The second-order valence-corrected chi connectivity index (χ2v) is 4.95. The van der Waals surface area contributed by atoms with Crippen LogP contribution in [-0.2, 0) is 0 Å². The Hall–Kier alpha value is -2.90. The summed E-state index contributed by atoms with van der Waals surface area (Å²) in [4.78, 5) is 25.4. The SMILES string of the molecule is O=C1c2ccccc2C(=O)N1c1ccc(OC(F)(F)C(F)F)cc1. The van der Waals surface area contributed by atoms with Crippen molar-refractivity contribution in [3.63, 3.8) is 0 Å². The number of anilines is 1. The van der Waals surface area contributed by atoms with E-state index in [2.05, 4.69) is 4.74 Å². The van der Waals surface area contributed by atoms with E-state index in [1.54, 1.807) is 12.1 Å². The van der Waals surface area contributed by atoms with Gasteiger partial charge in [-0.25, -0.2) is 4.90 Å². The fourth-order valence-electron chi connectivity index (χ4n) is 2.29. The van der Waals surface area contributed by atoms with Gasteiger partial charge in [0.15, 0.2) is 0 Å². The number of alkyl halides is 4. The van der Waals surface area contributed by atoms with Crippen LogP contribution in [0.1, 0.15) is 20.7 Å². The quantitative estimate of drug-likeness (QED) is 0.630. The highest BCUT2D eigenvalue weighted by atomic mass is 19.3. The van der Waals surface area contributed by atoms with Crippen molar-refractivity contribution in [3.8, 4) is 5.75 Å². The molecule has 0 aliphatic carbocycles. The molecule has 3 rings (SSSR count). The molecule has 0 aromatic heterocycles. The van der Waals surface area contributed by atoms with Gasteiger partial charge in [0.1, 0.15) is 5.75 Å². The lowest BCUT2D eigenvalue weighted by molar-refractivity contribution is -0.253. The largest absolute Gasteiger partial charge is 0.461 e. The molecule has 0 spiro atoms. The monoisotopic (exact) mass is 339 g/mol. The Balaban J connectivity index is 1.85. The molecule has 2 aromatic carbocycles. The second-order valence-electron chi connectivity index (χ2n) is 4.95. The van der Waals surface area contributed by atoms with Gasteiger partial charge in [-0.05, 0) is 36.4 Å². The third kappa shape index (κ3) is 2.60. The Kier molecular flexibility index (Phi) is 3.75. The van der Waals surface area contributed by atoms with Crippen molar-refractivity contribution >= 4 is 17.5 Å². The maximum Gasteiger partial charge on any atom is 0.461 e. The van der Waals surface area contributed by atoms with Gasteiger partial charge in [-0.15, -0.1) is 0 Å². The molecule has 1 aliphatic heterocycles. The predicted octanol–water partition coefficient (Wildman–Crippen LogP) is 3.72. The van der Waals surface area contributed by atoms with Crippen LogP contribution in [0.15, 0.2) is 48.5 Å². The van der Waals surface area contributed by atoms with E-state index in [0.29, 0.717) is 0 Å². The van der Waals surface area contributed by atoms with E-state index < -0.39 is 30.1 Å². The Bertz CT molecular complexity index is 770. The van der Waals surface area contributed by atoms with E-state index >= 15 is 0 Å². The van der Waals surface area contributed by atoms with E-state index in [0.717, 1.165) is 17.0 Å². The molecule has 2 aromatic rings. The molecule has 0 unspecified atom stereocenters. The third-order valence-corrected chi connectivity index (χ3v) is 3.40. The molecular weight excluding hydrogens is 330 g/mol. The van der Waals surface area contributed by atoms with Crippen LogP contribution in [0.4, 0.5) is 23.2 Å². The van der Waals surface area contributed by atoms with E-state index in [1.807, 2.05) is 0 Å². The maximum atomic E-state index is 12.8. The van der Waals surface area contributed by atoms with Crippen LogP contribution in [-0.4, -0.2) is 24.3 Å². The molecular formula is C16H9F4NO3. The van der Waals surface area contributed by atoms with Crippen molar-refractivity contribution in [2.75, 3.05) is 4.90 Å². The van der Waals surface area contributed by atoms with Crippen molar-refractivity contribution in [2.45, 2.75) is 12.5 Å². The van der Waals surface area contributed by atoms with Gasteiger partial charge in [0.25, 0.3) is 11.8 Å². The van der Waals surface area contributed by atoms with Crippen LogP contribution in [0, 0.1) is 0 Å². The Morgan fingerprint density at radius 1 is 0.875 bits per heavy atom. The van der Waals surface area contributed by atoms with Gasteiger partial charge in [-0.3, -0.25) is 9.59 Å². The molecule has 0 atom stereocenters. The average Bonchev–Trinajstić information content (AvgIpc) is 2.80. The Morgan fingerprint density at radius 3 is 1.83 bits per heavy atom. The first-order valence-corrected chi connectivity index (χ1v) is 6.74. The third-order valence-electron chi connectivity index (χ3n) is 3.40. The molecule has 8 heteroatoms. The van der Waals surface area contributed by atoms with Gasteiger partial charge in [0.05, 0.1) is 16.8 Å². The summed E-state index contributed by atoms with van der Waals surface area (Å²) in [5.74, 6) is -1.62. The van der Waals surface area contributed by atoms with Crippen LogP contribution >= 0.6 is 0 Å². The van der Waals surface area contributed by atoms with Crippen LogP contribution in [0.25, 0.3) is 0 Å². The van der Waals surface area contributed by atoms with Crippen LogP contribution in [0.3, 0.4) is 0 Å². The molecule has 2 amide bonds. The summed E-state index contributed by atoms with van der Waals surface area (Å²) in [6, 6.07) is 10.5. The highest BCUT2D eigenvalue weighted by Crippen LogP contribution is 2.32. The fraction of sp³-hybridized carbons (Fsp3) is 0.125. The average molecular weight is 339 g/mol. The number of ether oxygens (including phenoxy) is 1. The van der Waals surface area contributed by atoms with Crippen LogP contribution in [0.5, 0.6) is 5.75 Å². The Labute approximate surface area is 133 Å². The van der Waals surface area contributed by atoms with Gasteiger partial charge in [0.2, 0.25) is 0 Å². The van der Waals surface area contributed by atoms with Gasteiger partial charge in [-0.2, -0.15) is 17.6 Å². The van der Waals surface area contributed by atoms with Crippen LogP contribution in [0.2, 0.25) is 0 Å². The van der Waals surface area contributed by atoms with Gasteiger partial charge in [0, 0.05) is 0 Å². The lowest BCUT2D eigenvalue weighted by Crippen LogP contribution is -2.33. The summed E-state index contributed by atoms with van der Waals surface area (Å²) in [5.41, 5.74) is 0.577. The van der Waals surface area contributed by atoms with Crippen molar-refractivity contribution in [1.29, 1.82) is 0 Å². The van der Waals surface area contributed by atoms with E-state index in [9.17, 15) is 27.2 Å². The number of fused-ring (bicyclic) bond motifs is 1. The summed E-state index contributed by atoms with van der Waals surface area (Å²) >= 11 is 0. The van der Waals surface area contributed by atoms with E-state index in [-0.39, 0.29) is 16.8 Å². The number of benzene rings is 2. The van der Waals surface area contributed by atoms with E-state index in [1.165, 1.54) is 24.3 Å². The second kappa shape index (κ2) is 5.63. The number of hydrogen-bond donors (Lipinski definition) is 0. The minimum atomic E-state index is -4.63. The van der Waals surface area contributed by atoms with Gasteiger partial charge < -0.3 is 4.74 Å². The first-order valence-electron chi connectivity index (χ1n) is 6.74. The number of rotatable bonds is 4. The highest BCUT2D eigenvalue weighted by molar-refractivity contribution is 6.34. The standard InChI is InChI=1S/C16H9F4NO3/c17-15(18)16(19,20)24-10-7-5-9(6-8-10)21-13(22)11-3-1-2-4-12(11)14(21)23/h1-8,15H. The topological polar surface area (TPSA) is 46.6 Å². The number of nitrogens with zero attached hydrogens (tertiary/aromatic N) is 1. The lowest BCUT2D eigenvalue weighted by Gasteiger charge is -2.18. The fourth-order valence-corrected chi connectivity index (χ4v) is 2.29. The zero-order chi connectivity index (χ0) is 17.5. The molecule has 1 heterocycles. The number of amides is 2. The molecule has 1 aliphatic rings. The molecule has 0 saturated carbocycles. The van der Waals surface area contributed by atoms with E-state index in [4.69, 9.17) is 0 Å². The summed E-state index contributed by atoms with van der Waals surface area (Å²) in [7, 11) is 0. The van der Waals surface area contributed by atoms with Crippen molar-refractivity contribution in [1.82, 2.24) is 0 Å². The molecule has 0 radical (unpaired) electrons.